The number of carbonyl (C=O) groups is 2. The van der Waals surface area contributed by atoms with Gasteiger partial charge in [-0.2, -0.15) is 0 Å². The van der Waals surface area contributed by atoms with E-state index in [1.165, 1.54) is 16.7 Å². The maximum Gasteiger partial charge on any atom is 0.251 e. The van der Waals surface area contributed by atoms with Gasteiger partial charge in [-0.1, -0.05) is 54.6 Å². The van der Waals surface area contributed by atoms with Crippen LogP contribution < -0.4 is 10.6 Å². The molecule has 2 N–H and O–H groups in total. The Morgan fingerprint density at radius 3 is 2.46 bits per heavy atom. The van der Waals surface area contributed by atoms with Gasteiger partial charge < -0.3 is 10.6 Å². The normalized spacial score (nSPS) is 10.6. The van der Waals surface area contributed by atoms with Crippen molar-refractivity contribution in [3.63, 3.8) is 0 Å². The van der Waals surface area contributed by atoms with E-state index in [-0.39, 0.29) is 18.4 Å². The second kappa shape index (κ2) is 8.02. The lowest BCUT2D eigenvalue weighted by Gasteiger charge is -2.05. The standard InChI is InChI=1S/C22H17N3O2S/c26-20(13-23-21(27)16-7-2-1-3-8-16)25-22-24-19(14-28-22)18-11-10-15-6-4-5-9-17(15)12-18/h1-12,14H,13H2,(H,23,27)(H,24,25,26). The van der Waals surface area contributed by atoms with Crippen molar-refractivity contribution >= 4 is 39.1 Å². The highest BCUT2D eigenvalue weighted by Gasteiger charge is 2.11. The molecule has 0 radical (unpaired) electrons. The van der Waals surface area contributed by atoms with Gasteiger partial charge in [-0.25, -0.2) is 4.98 Å². The van der Waals surface area contributed by atoms with E-state index in [1.807, 2.05) is 29.6 Å². The van der Waals surface area contributed by atoms with Crippen LogP contribution in [0.3, 0.4) is 0 Å². The first kappa shape index (κ1) is 17.9. The number of thiazole rings is 1. The van der Waals surface area contributed by atoms with Gasteiger partial charge >= 0.3 is 0 Å². The van der Waals surface area contributed by atoms with Gasteiger partial charge in [-0.15, -0.1) is 11.3 Å². The van der Waals surface area contributed by atoms with Crippen molar-refractivity contribution in [2.24, 2.45) is 0 Å². The van der Waals surface area contributed by atoms with Crippen LogP contribution in [0.1, 0.15) is 10.4 Å². The van der Waals surface area contributed by atoms with Crippen LogP contribution in [0.4, 0.5) is 5.13 Å². The third-order valence-electron chi connectivity index (χ3n) is 4.24. The first-order valence-electron chi connectivity index (χ1n) is 8.77. The summed E-state index contributed by atoms with van der Waals surface area (Å²) in [7, 11) is 0. The minimum atomic E-state index is -0.316. The molecule has 0 fully saturated rings. The predicted octanol–water partition coefficient (Wildman–Crippen LogP) is 4.33. The topological polar surface area (TPSA) is 71.1 Å². The Morgan fingerprint density at radius 2 is 1.64 bits per heavy atom. The molecule has 6 heteroatoms. The summed E-state index contributed by atoms with van der Waals surface area (Å²) in [6.07, 6.45) is 0. The molecule has 0 saturated heterocycles. The lowest BCUT2D eigenvalue weighted by molar-refractivity contribution is -0.115. The van der Waals surface area contributed by atoms with Crippen molar-refractivity contribution in [1.29, 1.82) is 0 Å². The van der Waals surface area contributed by atoms with Crippen LogP contribution in [-0.2, 0) is 4.79 Å². The Morgan fingerprint density at radius 1 is 0.893 bits per heavy atom. The first-order chi connectivity index (χ1) is 13.7. The monoisotopic (exact) mass is 387 g/mol. The Balaban J connectivity index is 1.38. The summed E-state index contributed by atoms with van der Waals surface area (Å²) in [5.41, 5.74) is 2.32. The summed E-state index contributed by atoms with van der Waals surface area (Å²) in [5.74, 6) is -0.601. The molecule has 0 aliphatic rings. The lowest BCUT2D eigenvalue weighted by atomic mass is 10.1. The number of rotatable bonds is 5. The number of hydrogen-bond donors (Lipinski definition) is 2. The molecular formula is C22H17N3O2S. The van der Waals surface area contributed by atoms with Crippen LogP contribution >= 0.6 is 11.3 Å². The summed E-state index contributed by atoms with van der Waals surface area (Å²) < 4.78 is 0. The number of anilines is 1. The zero-order valence-electron chi connectivity index (χ0n) is 14.9. The summed E-state index contributed by atoms with van der Waals surface area (Å²) in [5, 5.41) is 10.1. The lowest BCUT2D eigenvalue weighted by Crippen LogP contribution is -2.32. The zero-order valence-corrected chi connectivity index (χ0v) is 15.7. The summed E-state index contributed by atoms with van der Waals surface area (Å²) >= 11 is 1.35. The van der Waals surface area contributed by atoms with E-state index in [1.54, 1.807) is 24.3 Å². The SMILES string of the molecule is O=C(CNC(=O)c1ccccc1)Nc1nc(-c2ccc3ccccc3c2)cs1. The molecule has 1 heterocycles. The summed E-state index contributed by atoms with van der Waals surface area (Å²) in [4.78, 5) is 28.6. The molecular weight excluding hydrogens is 370 g/mol. The van der Waals surface area contributed by atoms with E-state index in [4.69, 9.17) is 0 Å². The van der Waals surface area contributed by atoms with Gasteiger partial charge in [0, 0.05) is 16.5 Å². The van der Waals surface area contributed by atoms with Crippen LogP contribution in [0.25, 0.3) is 22.0 Å². The van der Waals surface area contributed by atoms with Crippen LogP contribution in [0.15, 0.2) is 78.2 Å². The average Bonchev–Trinajstić information content (AvgIpc) is 3.20. The molecule has 3 aromatic carbocycles. The maximum atomic E-state index is 12.1. The molecule has 0 saturated carbocycles. The molecule has 0 atom stereocenters. The number of hydrogen-bond acceptors (Lipinski definition) is 4. The molecule has 4 aromatic rings. The van der Waals surface area contributed by atoms with E-state index < -0.39 is 0 Å². The molecule has 1 aromatic heterocycles. The van der Waals surface area contributed by atoms with Crippen molar-refractivity contribution in [2.45, 2.75) is 0 Å². The smallest absolute Gasteiger partial charge is 0.251 e. The minimum absolute atomic E-state index is 0.112. The van der Waals surface area contributed by atoms with Crippen LogP contribution in [0, 0.1) is 0 Å². The van der Waals surface area contributed by atoms with Gasteiger partial charge in [0.2, 0.25) is 5.91 Å². The quantitative estimate of drug-likeness (QED) is 0.535. The predicted molar refractivity (Wildman–Crippen MR) is 112 cm³/mol. The Labute approximate surface area is 166 Å². The van der Waals surface area contributed by atoms with Gasteiger partial charge in [0.25, 0.3) is 5.91 Å². The van der Waals surface area contributed by atoms with Gasteiger partial charge in [-0.3, -0.25) is 9.59 Å². The molecule has 0 aliphatic heterocycles. The number of nitrogens with zero attached hydrogens (tertiary/aromatic N) is 1. The fraction of sp³-hybridized carbons (Fsp3) is 0.0455. The highest BCUT2D eigenvalue weighted by molar-refractivity contribution is 7.14. The van der Waals surface area contributed by atoms with Crippen LogP contribution in [0.5, 0.6) is 0 Å². The number of carbonyl (C=O) groups excluding carboxylic acids is 2. The van der Waals surface area contributed by atoms with Crippen molar-refractivity contribution in [2.75, 3.05) is 11.9 Å². The number of nitrogens with one attached hydrogen (secondary N) is 2. The molecule has 2 amide bonds. The first-order valence-corrected chi connectivity index (χ1v) is 9.65. The fourth-order valence-corrected chi connectivity index (χ4v) is 3.56. The van der Waals surface area contributed by atoms with Gasteiger partial charge in [-0.05, 0) is 29.0 Å². The molecule has 0 bridgehead atoms. The maximum absolute atomic E-state index is 12.1. The molecule has 0 unspecified atom stereocenters. The van der Waals surface area contributed by atoms with Gasteiger partial charge in [0.05, 0.1) is 12.2 Å². The van der Waals surface area contributed by atoms with E-state index in [0.717, 1.165) is 16.6 Å². The van der Waals surface area contributed by atoms with Crippen LogP contribution in [-0.4, -0.2) is 23.3 Å². The second-order valence-corrected chi connectivity index (χ2v) is 7.05. The second-order valence-electron chi connectivity index (χ2n) is 6.20. The highest BCUT2D eigenvalue weighted by atomic mass is 32.1. The Bertz CT molecular complexity index is 1140. The molecule has 0 aliphatic carbocycles. The number of aromatic nitrogens is 1. The number of fused-ring (bicyclic) bond motifs is 1. The van der Waals surface area contributed by atoms with Crippen LogP contribution in [0.2, 0.25) is 0 Å². The average molecular weight is 387 g/mol. The minimum Gasteiger partial charge on any atom is -0.343 e. The van der Waals surface area contributed by atoms with E-state index in [0.29, 0.717) is 10.7 Å². The van der Waals surface area contributed by atoms with E-state index in [9.17, 15) is 9.59 Å². The zero-order chi connectivity index (χ0) is 19.3. The van der Waals surface area contributed by atoms with E-state index >= 15 is 0 Å². The third-order valence-corrected chi connectivity index (χ3v) is 5.00. The summed E-state index contributed by atoms with van der Waals surface area (Å²) in [6, 6.07) is 23.1. The van der Waals surface area contributed by atoms with Crippen molar-refractivity contribution in [3.8, 4) is 11.3 Å². The number of amides is 2. The van der Waals surface area contributed by atoms with Crippen molar-refractivity contribution in [3.05, 3.63) is 83.7 Å². The molecule has 138 valence electrons. The molecule has 4 rings (SSSR count). The van der Waals surface area contributed by atoms with Gasteiger partial charge in [0.1, 0.15) is 0 Å². The third kappa shape index (κ3) is 4.07. The Kier molecular flexibility index (Phi) is 5.12. The van der Waals surface area contributed by atoms with Gasteiger partial charge in [0.15, 0.2) is 5.13 Å². The fourth-order valence-electron chi connectivity index (χ4n) is 2.83. The van der Waals surface area contributed by atoms with Crippen molar-refractivity contribution in [1.82, 2.24) is 10.3 Å². The highest BCUT2D eigenvalue weighted by Crippen LogP contribution is 2.27. The molecule has 5 nitrogen and oxygen atoms in total. The van der Waals surface area contributed by atoms with E-state index in [2.05, 4.69) is 39.9 Å². The molecule has 28 heavy (non-hydrogen) atoms. The largest absolute Gasteiger partial charge is 0.343 e. The van der Waals surface area contributed by atoms with Crippen molar-refractivity contribution < 1.29 is 9.59 Å². The number of benzene rings is 3. The molecule has 0 spiro atoms. The summed E-state index contributed by atoms with van der Waals surface area (Å²) in [6.45, 7) is -0.112. The Hall–Kier alpha value is -3.51.